The molecule has 1 N–H and O–H groups in total. The Kier molecular flexibility index (Phi) is 5.61. The summed E-state index contributed by atoms with van der Waals surface area (Å²) in [6.45, 7) is 1.60. The maximum Gasteiger partial charge on any atom is 0.338 e. The number of para-hydroxylation sites is 1. The zero-order valence-corrected chi connectivity index (χ0v) is 15.2. The van der Waals surface area contributed by atoms with Gasteiger partial charge in [-0.1, -0.05) is 23.7 Å². The number of carbonyl (C=O) groups excluding carboxylic acids is 3. The number of ether oxygens (including phenoxy) is 3. The van der Waals surface area contributed by atoms with Gasteiger partial charge >= 0.3 is 5.97 Å². The first-order valence-electron chi connectivity index (χ1n) is 8.12. The summed E-state index contributed by atoms with van der Waals surface area (Å²) in [5, 5.41) is 2.77. The largest absolute Gasteiger partial charge is 0.486 e. The average Bonchev–Trinajstić information content (AvgIpc) is 2.66. The van der Waals surface area contributed by atoms with Crippen molar-refractivity contribution < 1.29 is 28.6 Å². The molecule has 0 aromatic heterocycles. The summed E-state index contributed by atoms with van der Waals surface area (Å²) in [6, 6.07) is 9.41. The summed E-state index contributed by atoms with van der Waals surface area (Å²) in [5.41, 5.74) is 0.866. The summed E-state index contributed by atoms with van der Waals surface area (Å²) in [6.07, 6.45) is 0. The van der Waals surface area contributed by atoms with Crippen LogP contribution in [-0.4, -0.2) is 37.5 Å². The van der Waals surface area contributed by atoms with Gasteiger partial charge in [-0.2, -0.15) is 0 Å². The fourth-order valence-corrected chi connectivity index (χ4v) is 2.79. The Morgan fingerprint density at radius 1 is 1.15 bits per heavy atom. The van der Waals surface area contributed by atoms with Crippen molar-refractivity contribution in [2.24, 2.45) is 0 Å². The number of anilines is 1. The van der Waals surface area contributed by atoms with Crippen LogP contribution in [0.25, 0.3) is 0 Å². The highest BCUT2D eigenvalue weighted by atomic mass is 35.5. The lowest BCUT2D eigenvalue weighted by molar-refractivity contribution is -0.119. The van der Waals surface area contributed by atoms with Gasteiger partial charge in [0, 0.05) is 5.56 Å². The molecule has 1 heterocycles. The molecule has 140 valence electrons. The number of carbonyl (C=O) groups is 3. The summed E-state index contributed by atoms with van der Waals surface area (Å²) in [5.74, 6) is -0.767. The molecule has 0 bridgehead atoms. The lowest BCUT2D eigenvalue weighted by Crippen LogP contribution is -2.22. The number of rotatable bonds is 5. The molecule has 0 fully saturated rings. The molecule has 27 heavy (non-hydrogen) atoms. The van der Waals surface area contributed by atoms with Gasteiger partial charge in [-0.15, -0.1) is 0 Å². The third kappa shape index (κ3) is 4.38. The molecule has 1 aliphatic heterocycles. The summed E-state index contributed by atoms with van der Waals surface area (Å²) >= 11 is 6.08. The van der Waals surface area contributed by atoms with Crippen molar-refractivity contribution in [2.45, 2.75) is 6.92 Å². The zero-order valence-electron chi connectivity index (χ0n) is 14.4. The van der Waals surface area contributed by atoms with E-state index in [1.807, 2.05) is 0 Å². The second-order valence-corrected chi connectivity index (χ2v) is 6.12. The van der Waals surface area contributed by atoms with Crippen LogP contribution in [-0.2, 0) is 9.53 Å². The number of halogens is 1. The van der Waals surface area contributed by atoms with Crippen LogP contribution in [0.4, 0.5) is 5.69 Å². The smallest absolute Gasteiger partial charge is 0.338 e. The minimum absolute atomic E-state index is 0.140. The lowest BCUT2D eigenvalue weighted by Gasteiger charge is -2.20. The van der Waals surface area contributed by atoms with E-state index in [1.54, 1.807) is 24.3 Å². The fourth-order valence-electron chi connectivity index (χ4n) is 2.53. The molecule has 7 nitrogen and oxygen atoms in total. The summed E-state index contributed by atoms with van der Waals surface area (Å²) in [4.78, 5) is 35.8. The predicted molar refractivity (Wildman–Crippen MR) is 97.8 cm³/mol. The number of esters is 1. The van der Waals surface area contributed by atoms with E-state index >= 15 is 0 Å². The van der Waals surface area contributed by atoms with Crippen LogP contribution in [0.2, 0.25) is 5.02 Å². The number of benzene rings is 2. The molecule has 2 aromatic carbocycles. The molecular weight excluding hydrogens is 374 g/mol. The van der Waals surface area contributed by atoms with E-state index in [-0.39, 0.29) is 16.4 Å². The second-order valence-electron chi connectivity index (χ2n) is 5.71. The number of ketones is 1. The van der Waals surface area contributed by atoms with Gasteiger partial charge in [0.05, 0.1) is 16.3 Å². The van der Waals surface area contributed by atoms with Crippen LogP contribution in [0.15, 0.2) is 36.4 Å². The molecule has 0 saturated heterocycles. The highest BCUT2D eigenvalue weighted by Gasteiger charge is 2.20. The van der Waals surface area contributed by atoms with Crippen LogP contribution in [0.3, 0.4) is 0 Å². The normalized spacial score (nSPS) is 12.2. The van der Waals surface area contributed by atoms with Gasteiger partial charge in [0.1, 0.15) is 13.2 Å². The Morgan fingerprint density at radius 2 is 1.89 bits per heavy atom. The molecular formula is C19H16ClNO6. The molecule has 0 aliphatic carbocycles. The third-order valence-corrected chi connectivity index (χ3v) is 4.03. The molecule has 0 saturated carbocycles. The van der Waals surface area contributed by atoms with Gasteiger partial charge in [0.2, 0.25) is 0 Å². The van der Waals surface area contributed by atoms with Gasteiger partial charge in [-0.05, 0) is 31.2 Å². The molecule has 0 unspecified atom stereocenters. The van der Waals surface area contributed by atoms with E-state index in [2.05, 4.69) is 5.32 Å². The average molecular weight is 390 g/mol. The van der Waals surface area contributed by atoms with Crippen molar-refractivity contribution in [2.75, 3.05) is 25.1 Å². The van der Waals surface area contributed by atoms with Crippen LogP contribution in [0, 0.1) is 0 Å². The van der Waals surface area contributed by atoms with E-state index in [1.165, 1.54) is 19.1 Å². The predicted octanol–water partition coefficient (Wildman–Crippen LogP) is 3.11. The van der Waals surface area contributed by atoms with Gasteiger partial charge in [-0.25, -0.2) is 4.79 Å². The highest BCUT2D eigenvalue weighted by Crippen LogP contribution is 2.38. The van der Waals surface area contributed by atoms with Crippen LogP contribution >= 0.6 is 11.6 Å². The Hall–Kier alpha value is -3.06. The van der Waals surface area contributed by atoms with Gasteiger partial charge in [0.15, 0.2) is 23.9 Å². The molecule has 8 heteroatoms. The number of nitrogens with one attached hydrogen (secondary N) is 1. The first-order chi connectivity index (χ1) is 13.0. The zero-order chi connectivity index (χ0) is 19.4. The van der Waals surface area contributed by atoms with E-state index in [9.17, 15) is 14.4 Å². The standard InChI is InChI=1S/C19H16ClNO6/c1-11(22)13-4-2-3-5-15(13)21-17(23)10-27-19(24)12-8-14(20)18-16(9-12)25-6-7-26-18/h2-5,8-9H,6-7,10H2,1H3,(H,21,23). The van der Waals surface area contributed by atoms with Crippen molar-refractivity contribution in [3.05, 3.63) is 52.5 Å². The van der Waals surface area contributed by atoms with Crippen molar-refractivity contribution in [3.8, 4) is 11.5 Å². The van der Waals surface area contributed by atoms with Crippen LogP contribution in [0.5, 0.6) is 11.5 Å². The minimum atomic E-state index is -0.733. The second kappa shape index (κ2) is 8.09. The first-order valence-corrected chi connectivity index (χ1v) is 8.49. The maximum absolute atomic E-state index is 12.2. The van der Waals surface area contributed by atoms with Gasteiger partial charge in [0.25, 0.3) is 5.91 Å². The molecule has 1 aliphatic rings. The maximum atomic E-state index is 12.2. The third-order valence-electron chi connectivity index (χ3n) is 3.75. The quantitative estimate of drug-likeness (QED) is 0.624. The van der Waals surface area contributed by atoms with E-state index in [0.29, 0.717) is 36.0 Å². The molecule has 1 amide bonds. The van der Waals surface area contributed by atoms with E-state index < -0.39 is 18.5 Å². The molecule has 0 atom stereocenters. The molecule has 2 aromatic rings. The fraction of sp³-hybridized carbons (Fsp3) is 0.211. The van der Waals surface area contributed by atoms with Crippen molar-refractivity contribution in [1.82, 2.24) is 0 Å². The SMILES string of the molecule is CC(=O)c1ccccc1NC(=O)COC(=O)c1cc(Cl)c2c(c1)OCCO2. The Balaban J connectivity index is 1.63. The Bertz CT molecular complexity index is 911. The summed E-state index contributed by atoms with van der Waals surface area (Å²) in [7, 11) is 0. The lowest BCUT2D eigenvalue weighted by atomic mass is 10.1. The molecule has 0 spiro atoms. The van der Waals surface area contributed by atoms with Crippen LogP contribution < -0.4 is 14.8 Å². The van der Waals surface area contributed by atoms with E-state index in [4.69, 9.17) is 25.8 Å². The number of amides is 1. The molecule has 0 radical (unpaired) electrons. The number of hydrogen-bond donors (Lipinski definition) is 1. The number of fused-ring (bicyclic) bond motifs is 1. The van der Waals surface area contributed by atoms with Crippen molar-refractivity contribution >= 4 is 34.9 Å². The topological polar surface area (TPSA) is 90.9 Å². The number of Topliss-reactive ketones (excluding diaryl/α,β-unsaturated/α-hetero) is 1. The van der Waals surface area contributed by atoms with Crippen LogP contribution in [0.1, 0.15) is 27.6 Å². The summed E-state index contributed by atoms with van der Waals surface area (Å²) < 4.78 is 15.8. The van der Waals surface area contributed by atoms with Gasteiger partial charge in [-0.3, -0.25) is 9.59 Å². The monoisotopic (exact) mass is 389 g/mol. The Labute approximate surface area is 160 Å². The first kappa shape index (κ1) is 18.7. The molecule has 3 rings (SSSR count). The Morgan fingerprint density at radius 3 is 2.67 bits per heavy atom. The van der Waals surface area contributed by atoms with Gasteiger partial charge < -0.3 is 19.5 Å². The van der Waals surface area contributed by atoms with Crippen molar-refractivity contribution in [1.29, 1.82) is 0 Å². The number of hydrogen-bond acceptors (Lipinski definition) is 6. The van der Waals surface area contributed by atoms with E-state index in [0.717, 1.165) is 0 Å². The minimum Gasteiger partial charge on any atom is -0.486 e. The highest BCUT2D eigenvalue weighted by molar-refractivity contribution is 6.32. The van der Waals surface area contributed by atoms with Crippen molar-refractivity contribution in [3.63, 3.8) is 0 Å².